The van der Waals surface area contributed by atoms with Crippen LogP contribution in [-0.2, 0) is 6.54 Å². The van der Waals surface area contributed by atoms with Gasteiger partial charge >= 0.3 is 0 Å². The minimum absolute atomic E-state index is 0.0673. The minimum Gasteiger partial charge on any atom is -0.320 e. The number of hydrogen-bond acceptors (Lipinski definition) is 2. The Morgan fingerprint density at radius 1 is 1.20 bits per heavy atom. The van der Waals surface area contributed by atoms with Crippen LogP contribution in [0.4, 0.5) is 8.78 Å². The number of nitrogens with one attached hydrogen (secondary N) is 1. The van der Waals surface area contributed by atoms with Gasteiger partial charge in [-0.15, -0.1) is 0 Å². The van der Waals surface area contributed by atoms with E-state index in [-0.39, 0.29) is 5.43 Å². The van der Waals surface area contributed by atoms with Crippen molar-refractivity contribution in [3.05, 3.63) is 63.6 Å². The third-order valence-corrected chi connectivity index (χ3v) is 3.07. The lowest BCUT2D eigenvalue weighted by Crippen LogP contribution is -2.21. The molecule has 1 N–H and O–H groups in total. The highest BCUT2D eigenvalue weighted by molar-refractivity contribution is 5.36. The number of nitrogens with zero attached hydrogens (tertiary/aromatic N) is 1. The van der Waals surface area contributed by atoms with Gasteiger partial charge in [-0.3, -0.25) is 4.79 Å². The van der Waals surface area contributed by atoms with Crippen molar-refractivity contribution >= 4 is 0 Å². The standard InChI is InChI=1S/C15H16F2N2O/c1-3-18-8-11-9-19(10(2)6-15(11)20)12-4-5-13(16)14(17)7-12/h4-7,9,18H,3,8H2,1-2H3. The number of rotatable bonds is 4. The molecule has 0 bridgehead atoms. The highest BCUT2D eigenvalue weighted by Crippen LogP contribution is 2.15. The van der Waals surface area contributed by atoms with Crippen LogP contribution in [-0.4, -0.2) is 11.1 Å². The Morgan fingerprint density at radius 3 is 2.60 bits per heavy atom. The fourth-order valence-corrected chi connectivity index (χ4v) is 1.98. The van der Waals surface area contributed by atoms with Gasteiger partial charge in [-0.25, -0.2) is 8.78 Å². The first-order valence-corrected chi connectivity index (χ1v) is 6.41. The van der Waals surface area contributed by atoms with Crippen molar-refractivity contribution in [1.82, 2.24) is 9.88 Å². The molecule has 1 aromatic heterocycles. The number of aryl methyl sites for hydroxylation is 1. The normalized spacial score (nSPS) is 10.8. The zero-order valence-electron chi connectivity index (χ0n) is 11.4. The average Bonchev–Trinajstić information content (AvgIpc) is 2.41. The second-order valence-electron chi connectivity index (χ2n) is 4.55. The van der Waals surface area contributed by atoms with Crippen LogP contribution in [0.1, 0.15) is 18.2 Å². The van der Waals surface area contributed by atoms with Crippen molar-refractivity contribution in [3.8, 4) is 5.69 Å². The highest BCUT2D eigenvalue weighted by atomic mass is 19.2. The molecule has 1 heterocycles. The van der Waals surface area contributed by atoms with Gasteiger partial charge in [-0.2, -0.15) is 0 Å². The second-order valence-corrected chi connectivity index (χ2v) is 4.55. The molecule has 0 atom stereocenters. The summed E-state index contributed by atoms with van der Waals surface area (Å²) in [4.78, 5) is 11.9. The van der Waals surface area contributed by atoms with Gasteiger partial charge in [0.2, 0.25) is 0 Å². The van der Waals surface area contributed by atoms with Crippen LogP contribution in [0, 0.1) is 18.6 Å². The summed E-state index contributed by atoms with van der Waals surface area (Å²) >= 11 is 0. The maximum absolute atomic E-state index is 13.3. The van der Waals surface area contributed by atoms with Crippen molar-refractivity contribution in [2.24, 2.45) is 0 Å². The van der Waals surface area contributed by atoms with E-state index >= 15 is 0 Å². The molecular weight excluding hydrogens is 262 g/mol. The fraction of sp³-hybridized carbons (Fsp3) is 0.267. The number of hydrogen-bond donors (Lipinski definition) is 1. The molecule has 0 aliphatic rings. The maximum Gasteiger partial charge on any atom is 0.186 e. The molecule has 2 rings (SSSR count). The molecule has 0 spiro atoms. The molecule has 0 fully saturated rings. The van der Waals surface area contributed by atoms with Crippen LogP contribution in [0.3, 0.4) is 0 Å². The molecule has 0 unspecified atom stereocenters. The third kappa shape index (κ3) is 2.93. The van der Waals surface area contributed by atoms with Crippen LogP contribution >= 0.6 is 0 Å². The third-order valence-electron chi connectivity index (χ3n) is 3.07. The fourth-order valence-electron chi connectivity index (χ4n) is 1.98. The Morgan fingerprint density at radius 2 is 1.95 bits per heavy atom. The zero-order valence-corrected chi connectivity index (χ0v) is 11.4. The van der Waals surface area contributed by atoms with E-state index in [1.165, 1.54) is 12.1 Å². The Labute approximate surface area is 115 Å². The van der Waals surface area contributed by atoms with Crippen molar-refractivity contribution in [2.75, 3.05) is 6.54 Å². The van der Waals surface area contributed by atoms with Crippen molar-refractivity contribution < 1.29 is 8.78 Å². The summed E-state index contributed by atoms with van der Waals surface area (Å²) in [7, 11) is 0. The van der Waals surface area contributed by atoms with Crippen LogP contribution < -0.4 is 10.7 Å². The summed E-state index contributed by atoms with van der Waals surface area (Å²) in [6.07, 6.45) is 1.66. The lowest BCUT2D eigenvalue weighted by atomic mass is 10.2. The SMILES string of the molecule is CCNCc1cn(-c2ccc(F)c(F)c2)c(C)cc1=O. The molecule has 0 radical (unpaired) electrons. The van der Waals surface area contributed by atoms with E-state index in [1.807, 2.05) is 6.92 Å². The first-order valence-electron chi connectivity index (χ1n) is 6.41. The van der Waals surface area contributed by atoms with Crippen molar-refractivity contribution in [1.29, 1.82) is 0 Å². The van der Waals surface area contributed by atoms with Gasteiger partial charge in [0.25, 0.3) is 0 Å². The molecule has 1 aromatic carbocycles. The molecule has 106 valence electrons. The molecule has 0 saturated heterocycles. The highest BCUT2D eigenvalue weighted by Gasteiger charge is 2.08. The summed E-state index contributed by atoms with van der Waals surface area (Å²) < 4.78 is 28.0. The number of aromatic nitrogens is 1. The Bertz CT molecular complexity index is 680. The first-order chi connectivity index (χ1) is 9.52. The van der Waals surface area contributed by atoms with E-state index in [0.717, 1.165) is 18.7 Å². The predicted molar refractivity (Wildman–Crippen MR) is 74.1 cm³/mol. The van der Waals surface area contributed by atoms with Gasteiger partial charge < -0.3 is 9.88 Å². The summed E-state index contributed by atoms with van der Waals surface area (Å²) in [6, 6.07) is 5.16. The number of halogens is 2. The molecule has 0 aliphatic carbocycles. The van der Waals surface area contributed by atoms with Gasteiger partial charge in [0.1, 0.15) is 0 Å². The lowest BCUT2D eigenvalue weighted by molar-refractivity contribution is 0.508. The Kier molecular flexibility index (Phi) is 4.29. The number of benzene rings is 1. The molecule has 0 aliphatic heterocycles. The van der Waals surface area contributed by atoms with Gasteiger partial charge in [-0.05, 0) is 25.6 Å². The van der Waals surface area contributed by atoms with E-state index in [9.17, 15) is 13.6 Å². The van der Waals surface area contributed by atoms with Crippen molar-refractivity contribution in [3.63, 3.8) is 0 Å². The molecule has 20 heavy (non-hydrogen) atoms. The van der Waals surface area contributed by atoms with E-state index in [0.29, 0.717) is 23.5 Å². The van der Waals surface area contributed by atoms with Crippen LogP contribution in [0.15, 0.2) is 35.3 Å². The summed E-state index contributed by atoms with van der Waals surface area (Å²) in [5.41, 5.74) is 1.67. The Balaban J connectivity index is 2.49. The van der Waals surface area contributed by atoms with E-state index in [4.69, 9.17) is 0 Å². The van der Waals surface area contributed by atoms with Crippen LogP contribution in [0.5, 0.6) is 0 Å². The Hall–Kier alpha value is -2.01. The first kappa shape index (κ1) is 14.4. The van der Waals surface area contributed by atoms with Gasteiger partial charge in [0.15, 0.2) is 17.1 Å². The topological polar surface area (TPSA) is 34.0 Å². The van der Waals surface area contributed by atoms with E-state index in [2.05, 4.69) is 5.32 Å². The predicted octanol–water partition coefficient (Wildman–Crippen LogP) is 2.53. The molecule has 5 heteroatoms. The van der Waals surface area contributed by atoms with E-state index in [1.54, 1.807) is 17.7 Å². The summed E-state index contributed by atoms with van der Waals surface area (Å²) in [5, 5.41) is 3.08. The number of pyridine rings is 1. The summed E-state index contributed by atoms with van der Waals surface area (Å²) in [6.45, 7) is 4.89. The lowest BCUT2D eigenvalue weighted by Gasteiger charge is -2.13. The zero-order chi connectivity index (χ0) is 14.7. The molecule has 0 saturated carbocycles. The van der Waals surface area contributed by atoms with Crippen molar-refractivity contribution in [2.45, 2.75) is 20.4 Å². The monoisotopic (exact) mass is 278 g/mol. The smallest absolute Gasteiger partial charge is 0.186 e. The largest absolute Gasteiger partial charge is 0.320 e. The second kappa shape index (κ2) is 5.96. The quantitative estimate of drug-likeness (QED) is 0.932. The molecular formula is C15H16F2N2O. The maximum atomic E-state index is 13.3. The average molecular weight is 278 g/mol. The molecule has 3 nitrogen and oxygen atoms in total. The van der Waals surface area contributed by atoms with Gasteiger partial charge in [-0.1, -0.05) is 6.92 Å². The summed E-state index contributed by atoms with van der Waals surface area (Å²) in [5.74, 6) is -1.80. The van der Waals surface area contributed by atoms with Gasteiger partial charge in [0, 0.05) is 41.8 Å². The molecule has 2 aromatic rings. The van der Waals surface area contributed by atoms with Crippen LogP contribution in [0.2, 0.25) is 0 Å². The van der Waals surface area contributed by atoms with Gasteiger partial charge in [0.05, 0.1) is 0 Å². The minimum atomic E-state index is -0.908. The van der Waals surface area contributed by atoms with Crippen LogP contribution in [0.25, 0.3) is 5.69 Å². The van der Waals surface area contributed by atoms with E-state index < -0.39 is 11.6 Å². The molecule has 0 amide bonds.